The number of carbonyl (C=O) groups is 3. The first-order valence-corrected chi connectivity index (χ1v) is 10.2. The van der Waals surface area contributed by atoms with E-state index in [4.69, 9.17) is 0 Å². The number of amides is 1. The minimum Gasteiger partial charge on any atom is -0.481 e. The Morgan fingerprint density at radius 3 is 1.68 bits per heavy atom. The molecule has 6 nitrogen and oxygen atoms in total. The van der Waals surface area contributed by atoms with E-state index in [-0.39, 0.29) is 19.0 Å². The van der Waals surface area contributed by atoms with Crippen LogP contribution < -0.4 is 0 Å². The van der Waals surface area contributed by atoms with Crippen molar-refractivity contribution in [3.63, 3.8) is 0 Å². The number of benzene rings is 1. The first kappa shape index (κ1) is 19.0. The van der Waals surface area contributed by atoms with Crippen LogP contribution in [0.25, 0.3) is 0 Å². The summed E-state index contributed by atoms with van der Waals surface area (Å²) in [6.45, 7) is 0.00407. The van der Waals surface area contributed by atoms with Gasteiger partial charge in [-0.25, -0.2) is 0 Å². The van der Waals surface area contributed by atoms with E-state index < -0.39 is 28.2 Å². The average molecular weight is 385 g/mol. The summed E-state index contributed by atoms with van der Waals surface area (Å²) in [5.74, 6) is -2.27. The fraction of sp³-hybridized carbons (Fsp3) is 0.591. The van der Waals surface area contributed by atoms with Crippen molar-refractivity contribution in [3.05, 3.63) is 35.9 Å². The predicted molar refractivity (Wildman–Crippen MR) is 102 cm³/mol. The van der Waals surface area contributed by atoms with Gasteiger partial charge in [-0.05, 0) is 31.2 Å². The van der Waals surface area contributed by atoms with Gasteiger partial charge in [-0.15, -0.1) is 0 Å². The van der Waals surface area contributed by atoms with E-state index >= 15 is 0 Å². The molecule has 4 rings (SSSR count). The Hall–Kier alpha value is -2.37. The van der Waals surface area contributed by atoms with E-state index in [2.05, 4.69) is 0 Å². The average Bonchev–Trinajstić information content (AvgIpc) is 2.83. The molecule has 0 radical (unpaired) electrons. The lowest BCUT2D eigenvalue weighted by molar-refractivity contribution is -0.183. The fourth-order valence-corrected chi connectivity index (χ4v) is 5.82. The Labute approximate surface area is 164 Å². The Morgan fingerprint density at radius 1 is 0.750 bits per heavy atom. The van der Waals surface area contributed by atoms with Crippen molar-refractivity contribution in [1.82, 2.24) is 4.90 Å². The minimum atomic E-state index is -1.35. The second-order valence-corrected chi connectivity index (χ2v) is 8.80. The van der Waals surface area contributed by atoms with Crippen LogP contribution in [-0.4, -0.2) is 46.0 Å². The van der Waals surface area contributed by atoms with Crippen molar-refractivity contribution in [2.45, 2.75) is 56.8 Å². The third-order valence-electron chi connectivity index (χ3n) is 7.62. The normalized spacial score (nSPS) is 31.4. The van der Waals surface area contributed by atoms with Gasteiger partial charge in [-0.2, -0.15) is 0 Å². The number of likely N-dealkylation sites (tertiary alicyclic amines) is 1. The molecule has 1 aliphatic heterocycles. The third-order valence-corrected chi connectivity index (χ3v) is 7.62. The van der Waals surface area contributed by atoms with Gasteiger partial charge in [-0.1, -0.05) is 56.0 Å². The SMILES string of the molecule is O=C(N1CC2(C(=O)O)CCC2(C(=O)O)C1)C1(c2ccccc2)CCCCCC1. The van der Waals surface area contributed by atoms with Gasteiger partial charge in [0.25, 0.3) is 0 Å². The second kappa shape index (κ2) is 6.61. The number of carboxylic acid groups (broad SMARTS) is 2. The second-order valence-electron chi connectivity index (χ2n) is 8.80. The summed E-state index contributed by atoms with van der Waals surface area (Å²) in [6, 6.07) is 9.75. The summed E-state index contributed by atoms with van der Waals surface area (Å²) in [5, 5.41) is 19.7. The van der Waals surface area contributed by atoms with Crippen LogP contribution in [-0.2, 0) is 19.8 Å². The molecule has 3 aliphatic rings. The standard InChI is InChI=1S/C22H27NO5/c24-17(20(10-6-1-2-7-11-20)16-8-4-3-5-9-16)23-14-21(18(25)26)12-13-22(21,15-23)19(27)28/h3-5,8-9H,1-2,6-7,10-15H2,(H,25,26)(H,27,28). The molecule has 1 heterocycles. The van der Waals surface area contributed by atoms with Crippen molar-refractivity contribution in [3.8, 4) is 0 Å². The molecule has 150 valence electrons. The van der Waals surface area contributed by atoms with Crippen LogP contribution >= 0.6 is 0 Å². The van der Waals surface area contributed by atoms with E-state index in [1.165, 1.54) is 0 Å². The first-order chi connectivity index (χ1) is 13.4. The maximum atomic E-state index is 13.9. The largest absolute Gasteiger partial charge is 0.481 e. The highest BCUT2D eigenvalue weighted by Gasteiger charge is 2.73. The number of hydrogen-bond donors (Lipinski definition) is 2. The highest BCUT2D eigenvalue weighted by atomic mass is 16.4. The Balaban J connectivity index is 1.73. The van der Waals surface area contributed by atoms with Crippen molar-refractivity contribution >= 4 is 17.8 Å². The van der Waals surface area contributed by atoms with Gasteiger partial charge in [0.15, 0.2) is 0 Å². The monoisotopic (exact) mass is 385 g/mol. The first-order valence-electron chi connectivity index (χ1n) is 10.2. The molecule has 2 unspecified atom stereocenters. The number of carbonyl (C=O) groups excluding carboxylic acids is 1. The summed E-state index contributed by atoms with van der Waals surface area (Å²) < 4.78 is 0. The number of hydrogen-bond acceptors (Lipinski definition) is 3. The molecular formula is C22H27NO5. The van der Waals surface area contributed by atoms with Crippen molar-refractivity contribution in [2.24, 2.45) is 10.8 Å². The van der Waals surface area contributed by atoms with E-state index in [1.54, 1.807) is 4.90 Å². The number of carboxylic acids is 2. The smallest absolute Gasteiger partial charge is 0.312 e. The summed E-state index contributed by atoms with van der Waals surface area (Å²) in [7, 11) is 0. The van der Waals surface area contributed by atoms with Gasteiger partial charge < -0.3 is 15.1 Å². The highest BCUT2D eigenvalue weighted by molar-refractivity contribution is 5.95. The van der Waals surface area contributed by atoms with Gasteiger partial charge in [-0.3, -0.25) is 14.4 Å². The summed E-state index contributed by atoms with van der Waals surface area (Å²) in [4.78, 5) is 39.5. The zero-order chi connectivity index (χ0) is 20.0. The molecule has 3 fully saturated rings. The van der Waals surface area contributed by atoms with Gasteiger partial charge >= 0.3 is 11.9 Å². The predicted octanol–water partition coefficient (Wildman–Crippen LogP) is 3.06. The molecular weight excluding hydrogens is 358 g/mol. The van der Waals surface area contributed by atoms with E-state index in [9.17, 15) is 24.6 Å². The number of nitrogens with zero attached hydrogens (tertiary/aromatic N) is 1. The van der Waals surface area contributed by atoms with Crippen LogP contribution in [0, 0.1) is 10.8 Å². The van der Waals surface area contributed by atoms with Crippen LogP contribution in [0.5, 0.6) is 0 Å². The van der Waals surface area contributed by atoms with Crippen molar-refractivity contribution < 1.29 is 24.6 Å². The summed E-state index contributed by atoms with van der Waals surface area (Å²) in [5.41, 5.74) is -2.41. The Morgan fingerprint density at radius 2 is 1.25 bits per heavy atom. The molecule has 2 saturated carbocycles. The lowest BCUT2D eigenvalue weighted by Crippen LogP contribution is -2.59. The van der Waals surface area contributed by atoms with Crippen LogP contribution in [0.4, 0.5) is 0 Å². The van der Waals surface area contributed by atoms with E-state index in [1.807, 2.05) is 30.3 Å². The lowest BCUT2D eigenvalue weighted by atomic mass is 9.51. The molecule has 0 bridgehead atoms. The maximum absolute atomic E-state index is 13.9. The molecule has 1 aromatic carbocycles. The molecule has 0 spiro atoms. The topological polar surface area (TPSA) is 94.9 Å². The Kier molecular flexibility index (Phi) is 4.47. The molecule has 2 atom stereocenters. The quantitative estimate of drug-likeness (QED) is 0.777. The lowest BCUT2D eigenvalue weighted by Gasteiger charge is -2.47. The third kappa shape index (κ3) is 2.43. The molecule has 2 aliphatic carbocycles. The maximum Gasteiger partial charge on any atom is 0.312 e. The van der Waals surface area contributed by atoms with Crippen LogP contribution in [0.1, 0.15) is 56.9 Å². The van der Waals surface area contributed by atoms with Crippen LogP contribution in [0.15, 0.2) is 30.3 Å². The molecule has 1 saturated heterocycles. The number of rotatable bonds is 4. The van der Waals surface area contributed by atoms with Crippen LogP contribution in [0.2, 0.25) is 0 Å². The molecule has 2 N–H and O–H groups in total. The highest BCUT2D eigenvalue weighted by Crippen LogP contribution is 2.62. The number of fused-ring (bicyclic) bond motifs is 1. The fourth-order valence-electron chi connectivity index (χ4n) is 5.82. The van der Waals surface area contributed by atoms with Gasteiger partial charge in [0.2, 0.25) is 5.91 Å². The molecule has 1 amide bonds. The molecule has 6 heteroatoms. The Bertz CT molecular complexity index is 768. The molecule has 0 aromatic heterocycles. The summed E-state index contributed by atoms with van der Waals surface area (Å²) >= 11 is 0. The van der Waals surface area contributed by atoms with Gasteiger partial charge in [0, 0.05) is 13.1 Å². The summed E-state index contributed by atoms with van der Waals surface area (Å²) in [6.07, 6.45) is 6.15. The minimum absolute atomic E-state index is 0.00203. The zero-order valence-corrected chi connectivity index (χ0v) is 16.0. The zero-order valence-electron chi connectivity index (χ0n) is 16.0. The van der Waals surface area contributed by atoms with Gasteiger partial charge in [0.1, 0.15) is 10.8 Å². The van der Waals surface area contributed by atoms with E-state index in [0.29, 0.717) is 12.8 Å². The van der Waals surface area contributed by atoms with Crippen molar-refractivity contribution in [2.75, 3.05) is 13.1 Å². The van der Waals surface area contributed by atoms with E-state index in [0.717, 1.165) is 44.1 Å². The molecule has 1 aromatic rings. The van der Waals surface area contributed by atoms with Crippen molar-refractivity contribution in [1.29, 1.82) is 0 Å². The number of aliphatic carboxylic acids is 2. The molecule has 28 heavy (non-hydrogen) atoms. The van der Waals surface area contributed by atoms with Crippen LogP contribution in [0.3, 0.4) is 0 Å². The van der Waals surface area contributed by atoms with Gasteiger partial charge in [0.05, 0.1) is 5.41 Å².